The van der Waals surface area contributed by atoms with E-state index in [0.29, 0.717) is 0 Å². The molecule has 0 atom stereocenters. The van der Waals surface area contributed by atoms with Gasteiger partial charge in [-0.2, -0.15) is 12.8 Å². The molecule has 1 fully saturated rings. The molecule has 2 nitrogen and oxygen atoms in total. The topological polar surface area (TPSA) is 26.3 Å². The van der Waals surface area contributed by atoms with Crippen LogP contribution in [-0.2, 0) is 29.0 Å². The summed E-state index contributed by atoms with van der Waals surface area (Å²) < 4.78 is 4.40. The van der Waals surface area contributed by atoms with Crippen LogP contribution in [0.4, 0.5) is 0 Å². The Morgan fingerprint density at radius 2 is 2.12 bits per heavy atom. The third-order valence-electron chi connectivity index (χ3n) is 0.974. The minimum atomic E-state index is -0.125. The standard InChI is InChI=1S/C5H7O2.Zn/c1-7-5(6)4-2-3-4;/h2-3H2,1H3;/q-1;+2. The fourth-order valence-electron chi connectivity index (χ4n) is 0.411. The molecule has 3 heteroatoms. The molecule has 0 aromatic carbocycles. The van der Waals surface area contributed by atoms with E-state index in [9.17, 15) is 4.79 Å². The maximum atomic E-state index is 10.3. The molecule has 1 aliphatic rings. The maximum absolute atomic E-state index is 10.3. The molecule has 0 aromatic heterocycles. The number of esters is 1. The molecule has 1 rings (SSSR count). The number of carbonyl (C=O) groups excluding carboxylic acids is 1. The van der Waals surface area contributed by atoms with Crippen LogP contribution in [0.5, 0.6) is 0 Å². The first-order valence-electron chi connectivity index (χ1n) is 2.27. The van der Waals surface area contributed by atoms with Gasteiger partial charge in [-0.3, -0.25) is 10.7 Å². The van der Waals surface area contributed by atoms with Gasteiger partial charge in [0.1, 0.15) is 0 Å². The van der Waals surface area contributed by atoms with Crippen molar-refractivity contribution >= 4 is 5.97 Å². The van der Waals surface area contributed by atoms with E-state index in [1.807, 2.05) is 0 Å². The third kappa shape index (κ3) is 1.83. The second kappa shape index (κ2) is 3.08. The van der Waals surface area contributed by atoms with E-state index in [2.05, 4.69) is 4.74 Å². The van der Waals surface area contributed by atoms with Crippen molar-refractivity contribution < 1.29 is 29.0 Å². The predicted octanol–water partition coefficient (Wildman–Crippen LogP) is 0.525. The van der Waals surface area contributed by atoms with Crippen LogP contribution in [0.25, 0.3) is 0 Å². The number of methoxy groups -OCH3 is 1. The van der Waals surface area contributed by atoms with E-state index in [4.69, 9.17) is 0 Å². The van der Waals surface area contributed by atoms with Gasteiger partial charge >= 0.3 is 19.5 Å². The Bertz CT molecular complexity index is 88.4. The van der Waals surface area contributed by atoms with E-state index in [1.54, 1.807) is 0 Å². The van der Waals surface area contributed by atoms with E-state index >= 15 is 0 Å². The van der Waals surface area contributed by atoms with Crippen LogP contribution in [0, 0.1) is 5.92 Å². The van der Waals surface area contributed by atoms with Crippen LogP contribution in [-0.4, -0.2) is 13.1 Å². The van der Waals surface area contributed by atoms with Crippen LogP contribution in [0.1, 0.15) is 12.8 Å². The zero-order chi connectivity index (χ0) is 5.28. The van der Waals surface area contributed by atoms with E-state index < -0.39 is 0 Å². The van der Waals surface area contributed by atoms with Gasteiger partial charge in [0, 0.05) is 0 Å². The van der Waals surface area contributed by atoms with Gasteiger partial charge < -0.3 is 4.74 Å². The molecule has 0 saturated heterocycles. The maximum Gasteiger partial charge on any atom is 2.00 e. The van der Waals surface area contributed by atoms with Crippen LogP contribution < -0.4 is 0 Å². The molecule has 8 heavy (non-hydrogen) atoms. The summed E-state index contributed by atoms with van der Waals surface area (Å²) >= 11 is 0. The van der Waals surface area contributed by atoms with Crippen molar-refractivity contribution in [1.29, 1.82) is 0 Å². The van der Waals surface area contributed by atoms with Gasteiger partial charge in [-0.15, -0.1) is 0 Å². The molecule has 0 radical (unpaired) electrons. The SMILES string of the molecule is COC(=O)[C-]1CC1.[Zn+2]. The van der Waals surface area contributed by atoms with Crippen LogP contribution in [0.2, 0.25) is 0 Å². The molecule has 0 amide bonds. The average molecular weight is 164 g/mol. The molecule has 40 valence electrons. The molecule has 1 saturated carbocycles. The predicted molar refractivity (Wildman–Crippen MR) is 24.5 cm³/mol. The van der Waals surface area contributed by atoms with Crippen molar-refractivity contribution in [3.63, 3.8) is 0 Å². The smallest absolute Gasteiger partial charge is 0.491 e. The Morgan fingerprint density at radius 3 is 2.25 bits per heavy atom. The van der Waals surface area contributed by atoms with Gasteiger partial charge in [0.2, 0.25) is 0 Å². The summed E-state index contributed by atoms with van der Waals surface area (Å²) in [5, 5.41) is 0. The van der Waals surface area contributed by atoms with E-state index in [0.717, 1.165) is 18.8 Å². The Morgan fingerprint density at radius 1 is 1.62 bits per heavy atom. The second-order valence-corrected chi connectivity index (χ2v) is 1.60. The average Bonchev–Trinajstić information content (AvgIpc) is 2.44. The summed E-state index contributed by atoms with van der Waals surface area (Å²) in [6.45, 7) is 0. The van der Waals surface area contributed by atoms with Crippen LogP contribution in [0.15, 0.2) is 0 Å². The van der Waals surface area contributed by atoms with Crippen LogP contribution in [0.3, 0.4) is 0 Å². The molecular formula is C5H7O2Zn+. The molecular weight excluding hydrogens is 157 g/mol. The first-order chi connectivity index (χ1) is 3.34. The zero-order valence-electron chi connectivity index (χ0n) is 4.94. The van der Waals surface area contributed by atoms with Crippen LogP contribution >= 0.6 is 0 Å². The Hall–Kier alpha value is -0.0366. The normalized spacial score (nSPS) is 14.4. The third-order valence-corrected chi connectivity index (χ3v) is 0.974. The van der Waals surface area contributed by atoms with Crippen molar-refractivity contribution in [1.82, 2.24) is 0 Å². The Labute approximate surface area is 61.4 Å². The molecule has 0 unspecified atom stereocenters. The minimum Gasteiger partial charge on any atom is -0.491 e. The van der Waals surface area contributed by atoms with Gasteiger partial charge in [-0.25, -0.2) is 0 Å². The number of ether oxygens (including phenoxy) is 1. The molecule has 0 heterocycles. The number of rotatable bonds is 1. The molecule has 0 bridgehead atoms. The summed E-state index contributed by atoms with van der Waals surface area (Å²) in [6.07, 6.45) is 1.90. The number of hydrogen-bond donors (Lipinski definition) is 0. The molecule has 1 aliphatic carbocycles. The number of hydrogen-bond acceptors (Lipinski definition) is 2. The van der Waals surface area contributed by atoms with Crippen molar-refractivity contribution in [2.24, 2.45) is 0 Å². The molecule has 0 spiro atoms. The Balaban J connectivity index is 0.000000490. The molecule has 0 aromatic rings. The summed E-state index contributed by atoms with van der Waals surface area (Å²) in [6, 6.07) is 0. The van der Waals surface area contributed by atoms with E-state index in [-0.39, 0.29) is 25.4 Å². The second-order valence-electron chi connectivity index (χ2n) is 1.60. The van der Waals surface area contributed by atoms with E-state index in [1.165, 1.54) is 7.11 Å². The van der Waals surface area contributed by atoms with Gasteiger partial charge in [-0.05, 0) is 0 Å². The van der Waals surface area contributed by atoms with Gasteiger partial charge in [0.25, 0.3) is 0 Å². The summed E-state index contributed by atoms with van der Waals surface area (Å²) in [4.78, 5) is 10.3. The van der Waals surface area contributed by atoms with Crippen molar-refractivity contribution in [3.8, 4) is 0 Å². The summed E-state index contributed by atoms with van der Waals surface area (Å²) in [7, 11) is 1.41. The minimum absolute atomic E-state index is 0. The quantitative estimate of drug-likeness (QED) is 0.321. The summed E-state index contributed by atoms with van der Waals surface area (Å²) in [5.74, 6) is 0.808. The molecule has 0 aliphatic heterocycles. The van der Waals surface area contributed by atoms with Gasteiger partial charge in [0.15, 0.2) is 5.97 Å². The number of carbonyl (C=O) groups is 1. The largest absolute Gasteiger partial charge is 2.00 e. The fraction of sp³-hybridized carbons (Fsp3) is 0.600. The van der Waals surface area contributed by atoms with Crippen molar-refractivity contribution in [2.75, 3.05) is 7.11 Å². The zero-order valence-corrected chi connectivity index (χ0v) is 7.90. The van der Waals surface area contributed by atoms with Crippen molar-refractivity contribution in [3.05, 3.63) is 5.92 Å². The summed E-state index contributed by atoms with van der Waals surface area (Å²) in [5.41, 5.74) is 0. The van der Waals surface area contributed by atoms with Crippen molar-refractivity contribution in [2.45, 2.75) is 12.8 Å². The Kier molecular flexibility index (Phi) is 3.07. The first-order valence-corrected chi connectivity index (χ1v) is 2.27. The monoisotopic (exact) mass is 163 g/mol. The fourth-order valence-corrected chi connectivity index (χ4v) is 0.411. The van der Waals surface area contributed by atoms with Gasteiger partial charge in [-0.1, -0.05) is 0 Å². The molecule has 0 N–H and O–H groups in total. The first kappa shape index (κ1) is 7.96. The van der Waals surface area contributed by atoms with Gasteiger partial charge in [0.05, 0.1) is 7.11 Å².